The number of nitrogens with one attached hydrogen (secondary N) is 1. The summed E-state index contributed by atoms with van der Waals surface area (Å²) >= 11 is 6.00. The van der Waals surface area contributed by atoms with Crippen LogP contribution in [0.4, 0.5) is 5.69 Å². The average Bonchev–Trinajstić information content (AvgIpc) is 3.02. The highest BCUT2D eigenvalue weighted by Crippen LogP contribution is 2.32. The fourth-order valence-corrected chi connectivity index (χ4v) is 2.80. The van der Waals surface area contributed by atoms with Crippen molar-refractivity contribution in [2.45, 2.75) is 6.42 Å². The molecule has 3 aromatic rings. The normalized spacial score (nSPS) is 13.5. The smallest absolute Gasteiger partial charge is 0.135 e. The Morgan fingerprint density at radius 3 is 2.95 bits per heavy atom. The molecular weight excluding hydrogens is 258 g/mol. The molecule has 1 aliphatic heterocycles. The lowest BCUT2D eigenvalue weighted by molar-refractivity contribution is 0.631. The molecule has 0 unspecified atom stereocenters. The summed E-state index contributed by atoms with van der Waals surface area (Å²) in [5, 5.41) is 5.14. The fourth-order valence-electron chi connectivity index (χ4n) is 2.61. The van der Waals surface area contributed by atoms with E-state index in [0.717, 1.165) is 40.3 Å². The Labute approximate surface area is 116 Å². The minimum absolute atomic E-state index is 0.734. The summed E-state index contributed by atoms with van der Waals surface area (Å²) < 4.78 is 5.89. The summed E-state index contributed by atoms with van der Waals surface area (Å²) in [7, 11) is 0. The SMILES string of the molecule is Clc1ccc2oc(-c3ccc4c(c3)CCN4)cc2c1. The molecule has 0 fully saturated rings. The van der Waals surface area contributed by atoms with Crippen LogP contribution >= 0.6 is 11.6 Å². The van der Waals surface area contributed by atoms with Gasteiger partial charge in [-0.1, -0.05) is 11.6 Å². The lowest BCUT2D eigenvalue weighted by atomic mass is 10.1. The molecule has 0 saturated heterocycles. The molecule has 4 rings (SSSR count). The van der Waals surface area contributed by atoms with Crippen molar-refractivity contribution in [3.05, 3.63) is 53.1 Å². The number of hydrogen-bond donors (Lipinski definition) is 1. The van der Waals surface area contributed by atoms with E-state index in [0.29, 0.717) is 0 Å². The molecule has 0 saturated carbocycles. The second-order valence-electron chi connectivity index (χ2n) is 4.84. The fraction of sp³-hybridized carbons (Fsp3) is 0.125. The standard InChI is InChI=1S/C16H12ClNO/c17-13-2-4-15-12(8-13)9-16(19-15)11-1-3-14-10(7-11)5-6-18-14/h1-4,7-9,18H,5-6H2. The van der Waals surface area contributed by atoms with E-state index in [1.807, 2.05) is 24.3 Å². The Morgan fingerprint density at radius 1 is 1.05 bits per heavy atom. The second-order valence-corrected chi connectivity index (χ2v) is 5.28. The molecule has 2 nitrogen and oxygen atoms in total. The summed E-state index contributed by atoms with van der Waals surface area (Å²) in [5.41, 5.74) is 4.59. The summed E-state index contributed by atoms with van der Waals surface area (Å²) in [6.07, 6.45) is 1.08. The van der Waals surface area contributed by atoms with E-state index >= 15 is 0 Å². The lowest BCUT2D eigenvalue weighted by Gasteiger charge is -2.01. The van der Waals surface area contributed by atoms with Crippen molar-refractivity contribution in [1.29, 1.82) is 0 Å². The molecule has 3 heteroatoms. The number of benzene rings is 2. The van der Waals surface area contributed by atoms with E-state index in [1.165, 1.54) is 11.3 Å². The van der Waals surface area contributed by atoms with Crippen LogP contribution in [0.5, 0.6) is 0 Å². The van der Waals surface area contributed by atoms with Crippen molar-refractivity contribution in [3.8, 4) is 11.3 Å². The highest BCUT2D eigenvalue weighted by molar-refractivity contribution is 6.31. The van der Waals surface area contributed by atoms with Gasteiger partial charge in [0.2, 0.25) is 0 Å². The molecule has 19 heavy (non-hydrogen) atoms. The van der Waals surface area contributed by atoms with Crippen molar-refractivity contribution in [1.82, 2.24) is 0 Å². The van der Waals surface area contributed by atoms with Gasteiger partial charge in [-0.25, -0.2) is 0 Å². The topological polar surface area (TPSA) is 25.2 Å². The molecule has 1 aliphatic rings. The van der Waals surface area contributed by atoms with Crippen LogP contribution in [0.3, 0.4) is 0 Å². The van der Waals surface area contributed by atoms with Gasteiger partial charge in [0, 0.05) is 28.2 Å². The van der Waals surface area contributed by atoms with E-state index in [2.05, 4.69) is 23.5 Å². The van der Waals surface area contributed by atoms with Crippen molar-refractivity contribution in [3.63, 3.8) is 0 Å². The first kappa shape index (κ1) is 10.9. The quantitative estimate of drug-likeness (QED) is 0.691. The molecule has 1 aromatic heterocycles. The molecule has 0 radical (unpaired) electrons. The van der Waals surface area contributed by atoms with Gasteiger partial charge in [-0.05, 0) is 54.4 Å². The van der Waals surface area contributed by atoms with Crippen molar-refractivity contribution >= 4 is 28.3 Å². The van der Waals surface area contributed by atoms with E-state index in [1.54, 1.807) is 0 Å². The van der Waals surface area contributed by atoms with E-state index in [4.69, 9.17) is 16.0 Å². The van der Waals surface area contributed by atoms with Gasteiger partial charge in [0.05, 0.1) is 0 Å². The predicted octanol–water partition coefficient (Wildman–Crippen LogP) is 4.72. The first-order valence-corrected chi connectivity index (χ1v) is 6.74. The third-order valence-electron chi connectivity index (χ3n) is 3.58. The Bertz CT molecular complexity index is 776. The van der Waals surface area contributed by atoms with Gasteiger partial charge in [0.25, 0.3) is 0 Å². The number of fused-ring (bicyclic) bond motifs is 2. The van der Waals surface area contributed by atoms with E-state index < -0.39 is 0 Å². The molecule has 2 aromatic carbocycles. The number of hydrogen-bond acceptors (Lipinski definition) is 2. The van der Waals surface area contributed by atoms with Crippen LogP contribution in [0.15, 0.2) is 46.9 Å². The van der Waals surface area contributed by atoms with Gasteiger partial charge in [-0.15, -0.1) is 0 Å². The molecule has 2 heterocycles. The van der Waals surface area contributed by atoms with Crippen LogP contribution in [0.25, 0.3) is 22.3 Å². The summed E-state index contributed by atoms with van der Waals surface area (Å²) in [5.74, 6) is 0.895. The minimum atomic E-state index is 0.734. The van der Waals surface area contributed by atoms with Crippen LogP contribution in [0.1, 0.15) is 5.56 Å². The third kappa shape index (κ3) is 1.80. The van der Waals surface area contributed by atoms with Gasteiger partial charge in [0.1, 0.15) is 11.3 Å². The Hall–Kier alpha value is -1.93. The van der Waals surface area contributed by atoms with Crippen LogP contribution in [-0.2, 0) is 6.42 Å². The number of anilines is 1. The van der Waals surface area contributed by atoms with Crippen LogP contribution in [-0.4, -0.2) is 6.54 Å². The molecule has 0 atom stereocenters. The number of rotatable bonds is 1. The first-order chi connectivity index (χ1) is 9.29. The van der Waals surface area contributed by atoms with Crippen LogP contribution in [0.2, 0.25) is 5.02 Å². The zero-order chi connectivity index (χ0) is 12.8. The molecule has 0 amide bonds. The van der Waals surface area contributed by atoms with Crippen LogP contribution in [0, 0.1) is 0 Å². The second kappa shape index (κ2) is 4.04. The zero-order valence-electron chi connectivity index (χ0n) is 10.2. The largest absolute Gasteiger partial charge is 0.456 e. The molecule has 0 aliphatic carbocycles. The first-order valence-electron chi connectivity index (χ1n) is 6.36. The Morgan fingerprint density at radius 2 is 2.00 bits per heavy atom. The van der Waals surface area contributed by atoms with Gasteiger partial charge in [-0.2, -0.15) is 0 Å². The average molecular weight is 270 g/mol. The minimum Gasteiger partial charge on any atom is -0.456 e. The highest BCUT2D eigenvalue weighted by Gasteiger charge is 2.13. The summed E-state index contributed by atoms with van der Waals surface area (Å²) in [6, 6.07) is 14.2. The van der Waals surface area contributed by atoms with Gasteiger partial charge in [-0.3, -0.25) is 0 Å². The van der Waals surface area contributed by atoms with Gasteiger partial charge < -0.3 is 9.73 Å². The Balaban J connectivity index is 1.85. The molecule has 94 valence electrons. The Kier molecular flexibility index (Phi) is 2.32. The maximum absolute atomic E-state index is 6.00. The van der Waals surface area contributed by atoms with E-state index in [9.17, 15) is 0 Å². The zero-order valence-corrected chi connectivity index (χ0v) is 11.0. The highest BCUT2D eigenvalue weighted by atomic mass is 35.5. The monoisotopic (exact) mass is 269 g/mol. The predicted molar refractivity (Wildman–Crippen MR) is 78.9 cm³/mol. The molecule has 0 bridgehead atoms. The summed E-state index contributed by atoms with van der Waals surface area (Å²) in [6.45, 7) is 1.02. The maximum Gasteiger partial charge on any atom is 0.135 e. The third-order valence-corrected chi connectivity index (χ3v) is 3.81. The lowest BCUT2D eigenvalue weighted by Crippen LogP contribution is -1.90. The number of halogens is 1. The molecule has 1 N–H and O–H groups in total. The number of furan rings is 1. The molecular formula is C16H12ClNO. The van der Waals surface area contributed by atoms with Crippen molar-refractivity contribution in [2.75, 3.05) is 11.9 Å². The summed E-state index contributed by atoms with van der Waals surface area (Å²) in [4.78, 5) is 0. The van der Waals surface area contributed by atoms with Gasteiger partial charge >= 0.3 is 0 Å². The molecule has 0 spiro atoms. The van der Waals surface area contributed by atoms with Gasteiger partial charge in [0.15, 0.2) is 0 Å². The van der Waals surface area contributed by atoms with Crippen LogP contribution < -0.4 is 5.32 Å². The maximum atomic E-state index is 6.00. The van der Waals surface area contributed by atoms with Crippen molar-refractivity contribution < 1.29 is 4.42 Å². The van der Waals surface area contributed by atoms with Crippen molar-refractivity contribution in [2.24, 2.45) is 0 Å². The van der Waals surface area contributed by atoms with E-state index in [-0.39, 0.29) is 0 Å².